The van der Waals surface area contributed by atoms with E-state index in [1.54, 1.807) is 0 Å². The van der Waals surface area contributed by atoms with E-state index in [4.69, 9.17) is 11.5 Å². The van der Waals surface area contributed by atoms with Gasteiger partial charge in [-0.1, -0.05) is 0 Å². The summed E-state index contributed by atoms with van der Waals surface area (Å²) >= 11 is 0. The van der Waals surface area contributed by atoms with Crippen molar-refractivity contribution in [1.29, 1.82) is 0 Å². The van der Waals surface area contributed by atoms with Crippen LogP contribution >= 0.6 is 0 Å². The Morgan fingerprint density at radius 1 is 1.42 bits per heavy atom. The second kappa shape index (κ2) is 6.45. The first kappa shape index (κ1) is 10.7. The highest BCUT2D eigenvalue weighted by Gasteiger charge is 1.90. The van der Waals surface area contributed by atoms with Gasteiger partial charge in [0.1, 0.15) is 0 Å². The van der Waals surface area contributed by atoms with E-state index in [1.165, 1.54) is 6.92 Å². The first-order valence-corrected chi connectivity index (χ1v) is 3.92. The van der Waals surface area contributed by atoms with Crippen molar-refractivity contribution < 1.29 is 4.79 Å². The Morgan fingerprint density at radius 2 is 2.08 bits per heavy atom. The van der Waals surface area contributed by atoms with Crippen LogP contribution in [0.3, 0.4) is 0 Å². The molecule has 0 heterocycles. The molecule has 1 amide bonds. The maximum Gasteiger partial charge on any atom is 0.216 e. The number of hydrogen-bond acceptors (Lipinski definition) is 2. The molecule has 0 saturated heterocycles. The summed E-state index contributed by atoms with van der Waals surface area (Å²) in [6.07, 6.45) is 1.79. The van der Waals surface area contributed by atoms with Crippen LogP contribution in [0.2, 0.25) is 0 Å². The Balaban J connectivity index is 3.11. The van der Waals surface area contributed by atoms with Crippen molar-refractivity contribution in [3.8, 4) is 0 Å². The molecule has 5 nitrogen and oxygen atoms in total. The molecule has 12 heavy (non-hydrogen) atoms. The van der Waals surface area contributed by atoms with Crippen LogP contribution in [0.4, 0.5) is 0 Å². The quantitative estimate of drug-likeness (QED) is 0.287. The minimum Gasteiger partial charge on any atom is -0.370 e. The Morgan fingerprint density at radius 3 is 2.58 bits per heavy atom. The van der Waals surface area contributed by atoms with Gasteiger partial charge < -0.3 is 16.8 Å². The lowest BCUT2D eigenvalue weighted by Gasteiger charge is -1.99. The molecule has 0 bridgehead atoms. The third-order valence-electron chi connectivity index (χ3n) is 1.25. The van der Waals surface area contributed by atoms with Gasteiger partial charge in [-0.3, -0.25) is 9.79 Å². The van der Waals surface area contributed by atoms with Crippen molar-refractivity contribution in [1.82, 2.24) is 5.32 Å². The molecule has 0 unspecified atom stereocenters. The van der Waals surface area contributed by atoms with Gasteiger partial charge >= 0.3 is 0 Å². The SMILES string of the molecule is CC(=O)NCCCCN=C(N)N. The number of aliphatic imine (C=N–C) groups is 1. The third kappa shape index (κ3) is 8.74. The number of nitrogens with zero attached hydrogens (tertiary/aromatic N) is 1. The van der Waals surface area contributed by atoms with Crippen molar-refractivity contribution in [3.63, 3.8) is 0 Å². The summed E-state index contributed by atoms with van der Waals surface area (Å²) in [7, 11) is 0. The van der Waals surface area contributed by atoms with Crippen LogP contribution in [0.15, 0.2) is 4.99 Å². The molecule has 0 aliphatic rings. The maximum absolute atomic E-state index is 10.4. The van der Waals surface area contributed by atoms with Gasteiger partial charge in [-0.25, -0.2) is 0 Å². The Hall–Kier alpha value is -1.26. The maximum atomic E-state index is 10.4. The molecule has 0 aromatic rings. The summed E-state index contributed by atoms with van der Waals surface area (Å²) in [5.41, 5.74) is 10.2. The van der Waals surface area contributed by atoms with Crippen LogP contribution in [0.25, 0.3) is 0 Å². The van der Waals surface area contributed by atoms with Crippen molar-refractivity contribution in [2.24, 2.45) is 16.5 Å². The number of nitrogens with two attached hydrogens (primary N) is 2. The molecule has 0 atom stereocenters. The number of nitrogens with one attached hydrogen (secondary N) is 1. The van der Waals surface area contributed by atoms with E-state index in [1.807, 2.05) is 0 Å². The molecule has 0 saturated carbocycles. The first-order chi connectivity index (χ1) is 5.63. The number of hydrogen-bond donors (Lipinski definition) is 3. The Bertz CT molecular complexity index is 163. The first-order valence-electron chi connectivity index (χ1n) is 3.92. The second-order valence-electron chi connectivity index (χ2n) is 2.50. The molecule has 0 spiro atoms. The molecule has 0 rings (SSSR count). The van der Waals surface area contributed by atoms with E-state index >= 15 is 0 Å². The summed E-state index contributed by atoms with van der Waals surface area (Å²) in [4.78, 5) is 14.2. The largest absolute Gasteiger partial charge is 0.370 e. The molecule has 0 radical (unpaired) electrons. The predicted molar refractivity (Wildman–Crippen MR) is 48.6 cm³/mol. The molecule has 0 aliphatic heterocycles. The van der Waals surface area contributed by atoms with Gasteiger partial charge in [0, 0.05) is 20.0 Å². The molecule has 0 aromatic carbocycles. The van der Waals surface area contributed by atoms with Gasteiger partial charge in [0.2, 0.25) is 5.91 Å². The zero-order chi connectivity index (χ0) is 9.40. The van der Waals surface area contributed by atoms with Crippen LogP contribution in [-0.4, -0.2) is 25.0 Å². The smallest absolute Gasteiger partial charge is 0.216 e. The highest BCUT2D eigenvalue weighted by atomic mass is 16.1. The number of rotatable bonds is 5. The highest BCUT2D eigenvalue weighted by molar-refractivity contribution is 5.75. The molecule has 5 heteroatoms. The second-order valence-corrected chi connectivity index (χ2v) is 2.50. The van der Waals surface area contributed by atoms with Gasteiger partial charge in [-0.15, -0.1) is 0 Å². The number of guanidine groups is 1. The van der Waals surface area contributed by atoms with Gasteiger partial charge in [0.25, 0.3) is 0 Å². The lowest BCUT2D eigenvalue weighted by atomic mass is 10.3. The van der Waals surface area contributed by atoms with Gasteiger partial charge in [0.05, 0.1) is 0 Å². The summed E-state index contributed by atoms with van der Waals surface area (Å²) in [6, 6.07) is 0. The van der Waals surface area contributed by atoms with E-state index in [2.05, 4.69) is 10.3 Å². The Labute approximate surface area is 72.2 Å². The average Bonchev–Trinajstić information content (AvgIpc) is 1.95. The van der Waals surface area contributed by atoms with Gasteiger partial charge in [0.15, 0.2) is 5.96 Å². The summed E-state index contributed by atoms with van der Waals surface area (Å²) < 4.78 is 0. The number of amides is 1. The Kier molecular flexibility index (Phi) is 5.77. The van der Waals surface area contributed by atoms with Crippen molar-refractivity contribution in [2.75, 3.05) is 13.1 Å². The van der Waals surface area contributed by atoms with E-state index in [0.29, 0.717) is 13.1 Å². The number of unbranched alkanes of at least 4 members (excludes halogenated alkanes) is 1. The van der Waals surface area contributed by atoms with E-state index in [0.717, 1.165) is 12.8 Å². The topological polar surface area (TPSA) is 93.5 Å². The van der Waals surface area contributed by atoms with E-state index in [-0.39, 0.29) is 11.9 Å². The van der Waals surface area contributed by atoms with E-state index < -0.39 is 0 Å². The van der Waals surface area contributed by atoms with Crippen molar-refractivity contribution >= 4 is 11.9 Å². The molecular weight excluding hydrogens is 156 g/mol. The predicted octanol–water partition coefficient (Wildman–Crippen LogP) is -0.824. The van der Waals surface area contributed by atoms with E-state index in [9.17, 15) is 4.79 Å². The van der Waals surface area contributed by atoms with Crippen LogP contribution < -0.4 is 16.8 Å². The third-order valence-corrected chi connectivity index (χ3v) is 1.25. The molecule has 0 aliphatic carbocycles. The zero-order valence-corrected chi connectivity index (χ0v) is 7.34. The lowest BCUT2D eigenvalue weighted by molar-refractivity contribution is -0.118. The summed E-state index contributed by atoms with van der Waals surface area (Å²) in [5.74, 6) is 0.117. The standard InChI is InChI=1S/C7H16N4O/c1-6(12)10-4-2-3-5-11-7(8)9/h2-5H2,1H3,(H,10,12)(H4,8,9,11). The lowest BCUT2D eigenvalue weighted by Crippen LogP contribution is -2.23. The normalized spacial score (nSPS) is 9.08. The van der Waals surface area contributed by atoms with Crippen LogP contribution in [-0.2, 0) is 4.79 Å². The average molecular weight is 172 g/mol. The molecule has 0 fully saturated rings. The minimum absolute atomic E-state index is 0.00293. The van der Waals surface area contributed by atoms with Crippen LogP contribution in [0, 0.1) is 0 Å². The highest BCUT2D eigenvalue weighted by Crippen LogP contribution is 1.86. The molecular formula is C7H16N4O. The molecule has 5 N–H and O–H groups in total. The van der Waals surface area contributed by atoms with Crippen LogP contribution in [0.5, 0.6) is 0 Å². The fourth-order valence-corrected chi connectivity index (χ4v) is 0.709. The summed E-state index contributed by atoms with van der Waals surface area (Å²) in [6.45, 7) is 2.81. The van der Waals surface area contributed by atoms with Crippen molar-refractivity contribution in [3.05, 3.63) is 0 Å². The fourth-order valence-electron chi connectivity index (χ4n) is 0.709. The minimum atomic E-state index is -0.00293. The number of carbonyl (C=O) groups is 1. The van der Waals surface area contributed by atoms with Crippen LogP contribution in [0.1, 0.15) is 19.8 Å². The number of carbonyl (C=O) groups excluding carboxylic acids is 1. The fraction of sp³-hybridized carbons (Fsp3) is 0.714. The molecule has 0 aromatic heterocycles. The monoisotopic (exact) mass is 172 g/mol. The van der Waals surface area contributed by atoms with Gasteiger partial charge in [-0.2, -0.15) is 0 Å². The molecule has 70 valence electrons. The zero-order valence-electron chi connectivity index (χ0n) is 7.34. The summed E-state index contributed by atoms with van der Waals surface area (Å²) in [5, 5.41) is 2.68. The van der Waals surface area contributed by atoms with Crippen molar-refractivity contribution in [2.45, 2.75) is 19.8 Å². The van der Waals surface area contributed by atoms with Gasteiger partial charge in [-0.05, 0) is 12.8 Å².